The summed E-state index contributed by atoms with van der Waals surface area (Å²) in [4.78, 5) is 10.6. The van der Waals surface area contributed by atoms with Gasteiger partial charge in [-0.3, -0.25) is 0 Å². The summed E-state index contributed by atoms with van der Waals surface area (Å²) in [5.41, 5.74) is 0. The van der Waals surface area contributed by atoms with Crippen LogP contribution in [0.2, 0.25) is 0 Å². The Labute approximate surface area is 93.0 Å². The number of rotatable bonds is 9. The van der Waals surface area contributed by atoms with Crippen LogP contribution in [0.5, 0.6) is 0 Å². The Morgan fingerprint density at radius 2 is 1.73 bits per heavy atom. The molecule has 0 aliphatic carbocycles. The lowest BCUT2D eigenvalue weighted by molar-refractivity contribution is -0.117. The van der Waals surface area contributed by atoms with Crippen molar-refractivity contribution in [2.75, 3.05) is 0 Å². The van der Waals surface area contributed by atoms with Gasteiger partial charge in [0.2, 0.25) is 0 Å². The quantitative estimate of drug-likeness (QED) is 0.426. The molecule has 0 unspecified atom stereocenters. The number of nitriles is 1. The van der Waals surface area contributed by atoms with Crippen molar-refractivity contribution in [3.63, 3.8) is 0 Å². The number of carbonyl (C=O) groups excluding carboxylic acids is 1. The molecule has 0 aromatic carbocycles. The first-order chi connectivity index (χ1) is 7.27. The summed E-state index contributed by atoms with van der Waals surface area (Å²) in [6, 6.07) is 1.98. The molecule has 0 saturated carbocycles. The van der Waals surface area contributed by atoms with Crippen molar-refractivity contribution in [1.29, 1.82) is 5.26 Å². The highest BCUT2D eigenvalue weighted by Gasteiger charge is 1.93. The zero-order valence-electron chi connectivity index (χ0n) is 9.67. The number of carbonyl (C=O) groups is 1. The smallest absolute Gasteiger partial charge is 0.129 e. The molecule has 0 N–H and O–H groups in total. The van der Waals surface area contributed by atoms with E-state index in [0.717, 1.165) is 19.3 Å². The predicted molar refractivity (Wildman–Crippen MR) is 62.4 cm³/mol. The minimum Gasteiger partial charge on any atom is -0.300 e. The van der Waals surface area contributed by atoms with Crippen LogP contribution in [0, 0.1) is 11.3 Å². The fourth-order valence-electron chi connectivity index (χ4n) is 1.48. The van der Waals surface area contributed by atoms with Gasteiger partial charge in [-0.15, -0.1) is 0 Å². The summed E-state index contributed by atoms with van der Waals surface area (Å²) < 4.78 is 0. The SMILES string of the molecule is CC(=O)CCCCCCCCC=CC#N. The molecule has 2 nitrogen and oxygen atoms in total. The summed E-state index contributed by atoms with van der Waals surface area (Å²) in [6.07, 6.45) is 12.3. The van der Waals surface area contributed by atoms with E-state index in [1.165, 1.54) is 32.1 Å². The van der Waals surface area contributed by atoms with Crippen LogP contribution >= 0.6 is 0 Å². The normalized spacial score (nSPS) is 10.4. The fourth-order valence-corrected chi connectivity index (χ4v) is 1.48. The van der Waals surface area contributed by atoms with Crippen molar-refractivity contribution >= 4 is 5.78 Å². The zero-order chi connectivity index (χ0) is 11.4. The van der Waals surface area contributed by atoms with Gasteiger partial charge in [0.1, 0.15) is 5.78 Å². The average Bonchev–Trinajstić information content (AvgIpc) is 2.20. The summed E-state index contributed by atoms with van der Waals surface area (Å²) >= 11 is 0. The van der Waals surface area contributed by atoms with E-state index in [-0.39, 0.29) is 0 Å². The zero-order valence-corrected chi connectivity index (χ0v) is 9.67. The average molecular weight is 207 g/mol. The highest BCUT2D eigenvalue weighted by molar-refractivity contribution is 5.75. The molecular weight excluding hydrogens is 186 g/mol. The van der Waals surface area contributed by atoms with Crippen LogP contribution in [0.15, 0.2) is 12.2 Å². The minimum absolute atomic E-state index is 0.302. The van der Waals surface area contributed by atoms with Gasteiger partial charge >= 0.3 is 0 Å². The maximum atomic E-state index is 10.6. The van der Waals surface area contributed by atoms with Crippen LogP contribution in [0.3, 0.4) is 0 Å². The van der Waals surface area contributed by atoms with E-state index < -0.39 is 0 Å². The molecule has 84 valence electrons. The first kappa shape index (κ1) is 13.9. The molecule has 0 aliphatic rings. The Morgan fingerprint density at radius 3 is 2.33 bits per heavy atom. The third-order valence-corrected chi connectivity index (χ3v) is 2.34. The second kappa shape index (κ2) is 11.0. The number of nitrogens with zero attached hydrogens (tertiary/aromatic N) is 1. The molecule has 0 heterocycles. The van der Waals surface area contributed by atoms with Gasteiger partial charge in [0, 0.05) is 12.5 Å². The number of hydrogen-bond donors (Lipinski definition) is 0. The second-order valence-electron chi connectivity index (χ2n) is 3.89. The van der Waals surface area contributed by atoms with Crippen LogP contribution in [0.25, 0.3) is 0 Å². The molecule has 0 bridgehead atoms. The topological polar surface area (TPSA) is 40.9 Å². The summed E-state index contributed by atoms with van der Waals surface area (Å²) in [5.74, 6) is 0.302. The highest BCUT2D eigenvalue weighted by atomic mass is 16.1. The molecule has 2 heteroatoms. The molecule has 0 saturated heterocycles. The van der Waals surface area contributed by atoms with Crippen LogP contribution in [0.4, 0.5) is 0 Å². The lowest BCUT2D eigenvalue weighted by Crippen LogP contribution is -1.89. The van der Waals surface area contributed by atoms with Gasteiger partial charge < -0.3 is 4.79 Å². The molecule has 0 aromatic rings. The summed E-state index contributed by atoms with van der Waals surface area (Å²) in [6.45, 7) is 1.65. The van der Waals surface area contributed by atoms with Crippen LogP contribution in [0.1, 0.15) is 58.3 Å². The van der Waals surface area contributed by atoms with E-state index in [4.69, 9.17) is 5.26 Å². The van der Waals surface area contributed by atoms with Gasteiger partial charge in [0.05, 0.1) is 6.07 Å². The van der Waals surface area contributed by atoms with Gasteiger partial charge in [0.15, 0.2) is 0 Å². The number of Topliss-reactive ketones (excluding diaryl/α,β-unsaturated/α-hetero) is 1. The Bertz CT molecular complexity index is 225. The van der Waals surface area contributed by atoms with E-state index >= 15 is 0 Å². The minimum atomic E-state index is 0.302. The number of unbranched alkanes of at least 4 members (excludes halogenated alkanes) is 6. The lowest BCUT2D eigenvalue weighted by atomic mass is 10.1. The van der Waals surface area contributed by atoms with Crippen LogP contribution in [-0.2, 0) is 4.79 Å². The molecule has 0 aromatic heterocycles. The molecule has 0 atom stereocenters. The second-order valence-corrected chi connectivity index (χ2v) is 3.89. The molecule has 15 heavy (non-hydrogen) atoms. The van der Waals surface area contributed by atoms with Crippen molar-refractivity contribution in [3.8, 4) is 6.07 Å². The van der Waals surface area contributed by atoms with Crippen molar-refractivity contribution < 1.29 is 4.79 Å². The van der Waals surface area contributed by atoms with Crippen molar-refractivity contribution in [3.05, 3.63) is 12.2 Å². The number of hydrogen-bond acceptors (Lipinski definition) is 2. The van der Waals surface area contributed by atoms with E-state index in [0.29, 0.717) is 5.78 Å². The van der Waals surface area contributed by atoms with E-state index in [2.05, 4.69) is 0 Å². The van der Waals surface area contributed by atoms with Crippen molar-refractivity contribution in [2.45, 2.75) is 58.3 Å². The third kappa shape index (κ3) is 12.9. The lowest BCUT2D eigenvalue weighted by Gasteiger charge is -1.99. The summed E-state index contributed by atoms with van der Waals surface area (Å²) in [5, 5.41) is 8.25. The Balaban J connectivity index is 3.02. The number of allylic oxidation sites excluding steroid dienone is 2. The molecule has 0 fully saturated rings. The van der Waals surface area contributed by atoms with Gasteiger partial charge in [0.25, 0.3) is 0 Å². The third-order valence-electron chi connectivity index (χ3n) is 2.34. The first-order valence-corrected chi connectivity index (χ1v) is 5.81. The fraction of sp³-hybridized carbons (Fsp3) is 0.692. The van der Waals surface area contributed by atoms with Gasteiger partial charge in [-0.2, -0.15) is 5.26 Å². The molecular formula is C13H21NO. The van der Waals surface area contributed by atoms with Gasteiger partial charge in [-0.25, -0.2) is 0 Å². The van der Waals surface area contributed by atoms with Gasteiger partial charge in [-0.1, -0.05) is 31.8 Å². The van der Waals surface area contributed by atoms with Crippen molar-refractivity contribution in [2.24, 2.45) is 0 Å². The Hall–Kier alpha value is -1.10. The predicted octanol–water partition coefficient (Wildman–Crippen LogP) is 3.78. The molecule has 0 amide bonds. The molecule has 0 spiro atoms. The Kier molecular flexibility index (Phi) is 10.2. The summed E-state index contributed by atoms with van der Waals surface area (Å²) in [7, 11) is 0. The molecule has 0 aliphatic heterocycles. The van der Waals surface area contributed by atoms with Crippen LogP contribution in [-0.4, -0.2) is 5.78 Å². The first-order valence-electron chi connectivity index (χ1n) is 5.81. The Morgan fingerprint density at radius 1 is 1.13 bits per heavy atom. The molecule has 0 rings (SSSR count). The maximum Gasteiger partial charge on any atom is 0.129 e. The standard InChI is InChI=1S/C13H21NO/c1-13(15)11-9-7-5-3-2-4-6-8-10-12-14/h8,10H,2-7,9,11H2,1H3. The molecule has 0 radical (unpaired) electrons. The monoisotopic (exact) mass is 207 g/mol. The van der Waals surface area contributed by atoms with E-state index in [9.17, 15) is 4.79 Å². The van der Waals surface area contributed by atoms with Crippen molar-refractivity contribution in [1.82, 2.24) is 0 Å². The van der Waals surface area contributed by atoms with E-state index in [1.807, 2.05) is 12.1 Å². The highest BCUT2D eigenvalue weighted by Crippen LogP contribution is 2.08. The maximum absolute atomic E-state index is 10.6. The largest absolute Gasteiger partial charge is 0.300 e. The van der Waals surface area contributed by atoms with Gasteiger partial charge in [-0.05, 0) is 26.2 Å². The number of ketones is 1. The van der Waals surface area contributed by atoms with E-state index in [1.54, 1.807) is 13.0 Å². The van der Waals surface area contributed by atoms with Crippen LogP contribution < -0.4 is 0 Å².